The van der Waals surface area contributed by atoms with E-state index in [9.17, 15) is 9.59 Å². The van der Waals surface area contributed by atoms with Gasteiger partial charge in [-0.25, -0.2) is 0 Å². The molecule has 0 radical (unpaired) electrons. The van der Waals surface area contributed by atoms with Gasteiger partial charge in [0.05, 0.1) is 12.6 Å². The summed E-state index contributed by atoms with van der Waals surface area (Å²) in [7, 11) is 5.13. The van der Waals surface area contributed by atoms with Crippen molar-refractivity contribution >= 4 is 17.6 Å². The lowest BCUT2D eigenvalue weighted by atomic mass is 10.2. The number of amides is 2. The van der Waals surface area contributed by atoms with E-state index in [4.69, 9.17) is 4.52 Å². The Hall–Kier alpha value is -1.89. The van der Waals surface area contributed by atoms with Gasteiger partial charge in [0.25, 0.3) is 0 Å². The van der Waals surface area contributed by atoms with Crippen molar-refractivity contribution in [2.75, 3.05) is 33.0 Å². The summed E-state index contributed by atoms with van der Waals surface area (Å²) >= 11 is 0. The van der Waals surface area contributed by atoms with Crippen LogP contribution in [0.25, 0.3) is 0 Å². The molecule has 1 atom stereocenters. The van der Waals surface area contributed by atoms with Gasteiger partial charge >= 0.3 is 0 Å². The van der Waals surface area contributed by atoms with Gasteiger partial charge < -0.3 is 14.7 Å². The van der Waals surface area contributed by atoms with Crippen molar-refractivity contribution in [2.24, 2.45) is 0 Å². The second-order valence-electron chi connectivity index (χ2n) is 4.94. The van der Waals surface area contributed by atoms with E-state index >= 15 is 0 Å². The maximum atomic E-state index is 12.2. The number of nitrogens with one attached hydrogen (secondary N) is 1. The van der Waals surface area contributed by atoms with Crippen LogP contribution in [-0.4, -0.2) is 60.5 Å². The van der Waals surface area contributed by atoms with E-state index in [1.165, 1.54) is 4.90 Å². The van der Waals surface area contributed by atoms with E-state index in [0.29, 0.717) is 18.0 Å². The monoisotopic (exact) mass is 282 g/mol. The third kappa shape index (κ3) is 4.34. The van der Waals surface area contributed by atoms with Crippen LogP contribution in [0.3, 0.4) is 0 Å². The molecule has 7 heteroatoms. The van der Waals surface area contributed by atoms with Gasteiger partial charge in [0.15, 0.2) is 5.82 Å². The summed E-state index contributed by atoms with van der Waals surface area (Å²) in [6.07, 6.45) is 0.597. The molecule has 112 valence electrons. The summed E-state index contributed by atoms with van der Waals surface area (Å²) in [5.41, 5.74) is 0. The molecule has 1 aromatic rings. The van der Waals surface area contributed by atoms with Gasteiger partial charge in [-0.3, -0.25) is 14.5 Å². The number of likely N-dealkylation sites (N-methyl/N-ethyl adjacent to an activating group) is 2. The highest BCUT2D eigenvalue weighted by atomic mass is 16.5. The van der Waals surface area contributed by atoms with Crippen LogP contribution in [-0.2, 0) is 9.59 Å². The predicted octanol–water partition coefficient (Wildman–Crippen LogP) is 0.720. The van der Waals surface area contributed by atoms with Crippen molar-refractivity contribution in [2.45, 2.75) is 26.3 Å². The molecule has 0 saturated heterocycles. The fraction of sp³-hybridized carbons (Fsp3) is 0.615. The number of anilines is 1. The summed E-state index contributed by atoms with van der Waals surface area (Å²) in [5, 5.41) is 6.41. The molecule has 7 nitrogen and oxygen atoms in total. The minimum absolute atomic E-state index is 0.0453. The Kier molecular flexibility index (Phi) is 5.69. The SMILES string of the molecule is CCC(C(=O)Nc1cc(C)on1)N(C)CC(=O)N(C)C. The first-order valence-corrected chi connectivity index (χ1v) is 6.49. The Morgan fingerprint density at radius 2 is 2.05 bits per heavy atom. The van der Waals surface area contributed by atoms with Gasteiger partial charge in [-0.15, -0.1) is 0 Å². The van der Waals surface area contributed by atoms with Crippen molar-refractivity contribution in [3.63, 3.8) is 0 Å². The molecule has 1 heterocycles. The molecule has 0 fully saturated rings. The standard InChI is InChI=1S/C13H22N4O3/c1-6-10(17(5)8-12(18)16(3)4)13(19)14-11-7-9(2)20-15-11/h7,10H,6,8H2,1-5H3,(H,14,15,19). The second kappa shape index (κ2) is 7.04. The number of carbonyl (C=O) groups excluding carboxylic acids is 2. The van der Waals surface area contributed by atoms with Gasteiger partial charge in [-0.2, -0.15) is 0 Å². The molecule has 2 amide bonds. The average molecular weight is 282 g/mol. The number of hydrogen-bond donors (Lipinski definition) is 1. The van der Waals surface area contributed by atoms with E-state index in [2.05, 4.69) is 10.5 Å². The van der Waals surface area contributed by atoms with Crippen molar-refractivity contribution in [1.29, 1.82) is 0 Å². The van der Waals surface area contributed by atoms with Crippen molar-refractivity contribution < 1.29 is 14.1 Å². The molecule has 1 aromatic heterocycles. The summed E-state index contributed by atoms with van der Waals surface area (Å²) in [6, 6.07) is 1.26. The lowest BCUT2D eigenvalue weighted by Crippen LogP contribution is -2.45. The maximum Gasteiger partial charge on any atom is 0.242 e. The molecular weight excluding hydrogens is 260 g/mol. The summed E-state index contributed by atoms with van der Waals surface area (Å²) in [5.74, 6) is 0.772. The van der Waals surface area contributed by atoms with Crippen LogP contribution in [0.2, 0.25) is 0 Å². The molecule has 1 unspecified atom stereocenters. The molecule has 0 aliphatic heterocycles. The largest absolute Gasteiger partial charge is 0.360 e. The minimum atomic E-state index is -0.393. The zero-order chi connectivity index (χ0) is 15.3. The highest BCUT2D eigenvalue weighted by Crippen LogP contribution is 2.10. The van der Waals surface area contributed by atoms with Crippen LogP contribution in [0.4, 0.5) is 5.82 Å². The summed E-state index contributed by atoms with van der Waals surface area (Å²) in [6.45, 7) is 3.84. The molecule has 0 spiro atoms. The van der Waals surface area contributed by atoms with Crippen LogP contribution in [0.5, 0.6) is 0 Å². The highest BCUT2D eigenvalue weighted by Gasteiger charge is 2.24. The Morgan fingerprint density at radius 3 is 2.50 bits per heavy atom. The summed E-state index contributed by atoms with van der Waals surface area (Å²) in [4.78, 5) is 27.1. The third-order valence-electron chi connectivity index (χ3n) is 2.98. The Morgan fingerprint density at radius 1 is 1.40 bits per heavy atom. The number of aromatic nitrogens is 1. The lowest BCUT2D eigenvalue weighted by Gasteiger charge is -2.26. The lowest BCUT2D eigenvalue weighted by molar-refractivity contribution is -0.131. The van der Waals surface area contributed by atoms with Crippen molar-refractivity contribution in [1.82, 2.24) is 15.0 Å². The topological polar surface area (TPSA) is 78.7 Å². The second-order valence-corrected chi connectivity index (χ2v) is 4.94. The third-order valence-corrected chi connectivity index (χ3v) is 2.98. The molecule has 0 saturated carbocycles. The van der Waals surface area contributed by atoms with Crippen LogP contribution in [0, 0.1) is 6.92 Å². The predicted molar refractivity (Wildman–Crippen MR) is 75.3 cm³/mol. The Labute approximate surface area is 118 Å². The number of carbonyl (C=O) groups is 2. The zero-order valence-corrected chi connectivity index (χ0v) is 12.6. The quantitative estimate of drug-likeness (QED) is 0.831. The first-order chi connectivity index (χ1) is 9.35. The molecule has 0 aliphatic rings. The number of hydrogen-bond acceptors (Lipinski definition) is 5. The normalized spacial score (nSPS) is 12.3. The van der Waals surface area contributed by atoms with Gasteiger partial charge in [0.2, 0.25) is 11.8 Å². The molecular formula is C13H22N4O3. The minimum Gasteiger partial charge on any atom is -0.360 e. The molecule has 1 N–H and O–H groups in total. The van der Waals surface area contributed by atoms with Crippen molar-refractivity contribution in [3.05, 3.63) is 11.8 Å². The number of aryl methyl sites for hydroxylation is 1. The van der Waals surface area contributed by atoms with Crippen LogP contribution in [0.1, 0.15) is 19.1 Å². The first-order valence-electron chi connectivity index (χ1n) is 6.49. The van der Waals surface area contributed by atoms with Crippen LogP contribution < -0.4 is 5.32 Å². The number of rotatable bonds is 6. The fourth-order valence-corrected chi connectivity index (χ4v) is 1.80. The van der Waals surface area contributed by atoms with Crippen molar-refractivity contribution in [3.8, 4) is 0 Å². The fourth-order valence-electron chi connectivity index (χ4n) is 1.80. The maximum absolute atomic E-state index is 12.2. The van der Waals surface area contributed by atoms with E-state index in [1.54, 1.807) is 39.0 Å². The highest BCUT2D eigenvalue weighted by molar-refractivity contribution is 5.94. The smallest absolute Gasteiger partial charge is 0.242 e. The van der Waals surface area contributed by atoms with E-state index in [1.807, 2.05) is 6.92 Å². The van der Waals surface area contributed by atoms with Crippen LogP contribution in [0.15, 0.2) is 10.6 Å². The summed E-state index contributed by atoms with van der Waals surface area (Å²) < 4.78 is 4.90. The van der Waals surface area contributed by atoms with E-state index in [0.717, 1.165) is 0 Å². The van der Waals surface area contributed by atoms with E-state index in [-0.39, 0.29) is 18.4 Å². The van der Waals surface area contributed by atoms with Gasteiger partial charge in [0.1, 0.15) is 5.76 Å². The average Bonchev–Trinajstić information content (AvgIpc) is 2.75. The molecule has 0 aliphatic carbocycles. The van der Waals surface area contributed by atoms with Crippen LogP contribution >= 0.6 is 0 Å². The zero-order valence-electron chi connectivity index (χ0n) is 12.6. The Balaban J connectivity index is 2.64. The van der Waals surface area contributed by atoms with E-state index < -0.39 is 6.04 Å². The van der Waals surface area contributed by atoms with Gasteiger partial charge in [0, 0.05) is 20.2 Å². The first kappa shape index (κ1) is 16.2. The molecule has 1 rings (SSSR count). The van der Waals surface area contributed by atoms with Gasteiger partial charge in [-0.05, 0) is 20.4 Å². The Bertz CT molecular complexity index is 470. The number of nitrogens with zero attached hydrogens (tertiary/aromatic N) is 3. The molecule has 20 heavy (non-hydrogen) atoms. The molecule has 0 aromatic carbocycles. The van der Waals surface area contributed by atoms with Gasteiger partial charge in [-0.1, -0.05) is 12.1 Å². The molecule has 0 bridgehead atoms.